The third-order valence-corrected chi connectivity index (χ3v) is 6.24. The Balaban J connectivity index is 2.03. The van der Waals surface area contributed by atoms with Crippen LogP contribution in [-0.2, 0) is 4.74 Å². The van der Waals surface area contributed by atoms with Crippen LogP contribution in [0.25, 0.3) is 0 Å². The van der Waals surface area contributed by atoms with Gasteiger partial charge in [0.05, 0.1) is 5.60 Å². The fourth-order valence-electron chi connectivity index (χ4n) is 4.53. The van der Waals surface area contributed by atoms with Gasteiger partial charge in [0.25, 0.3) is 0 Å². The number of rotatable bonds is 6. The summed E-state index contributed by atoms with van der Waals surface area (Å²) in [7, 11) is 1.95. The van der Waals surface area contributed by atoms with Crippen LogP contribution in [0.1, 0.15) is 85.0 Å². The summed E-state index contributed by atoms with van der Waals surface area (Å²) in [6.45, 7) is 8.13. The highest BCUT2D eigenvalue weighted by Crippen LogP contribution is 2.45. The molecule has 0 aliphatic heterocycles. The highest BCUT2D eigenvalue weighted by molar-refractivity contribution is 4.99. The molecule has 2 aliphatic rings. The van der Waals surface area contributed by atoms with Gasteiger partial charge in [0, 0.05) is 13.2 Å². The quantitative estimate of drug-likeness (QED) is 0.751. The first kappa shape index (κ1) is 17.3. The summed E-state index contributed by atoms with van der Waals surface area (Å²) in [6, 6.07) is 0.548. The van der Waals surface area contributed by atoms with Crippen LogP contribution in [0.4, 0.5) is 0 Å². The van der Waals surface area contributed by atoms with Gasteiger partial charge in [-0.3, -0.25) is 0 Å². The summed E-state index contributed by atoms with van der Waals surface area (Å²) in [6.07, 6.45) is 13.6. The molecule has 0 aromatic rings. The minimum absolute atomic E-state index is 0.0863. The molecule has 2 saturated carbocycles. The molecule has 0 bridgehead atoms. The van der Waals surface area contributed by atoms with Crippen LogP contribution in [0.2, 0.25) is 0 Å². The average molecular weight is 296 g/mol. The Labute approximate surface area is 132 Å². The standard InChI is InChI=1S/C19H37NO/c1-5-20-17(15-16-9-7-6-8-10-16)19(21-4)13-11-18(2,3)12-14-19/h16-17,20H,5-15H2,1-4H3. The van der Waals surface area contributed by atoms with Crippen LogP contribution < -0.4 is 5.32 Å². The molecule has 2 heteroatoms. The van der Waals surface area contributed by atoms with E-state index in [0.717, 1.165) is 12.5 Å². The molecule has 0 aromatic carbocycles. The molecule has 2 rings (SSSR count). The Kier molecular flexibility index (Phi) is 6.14. The van der Waals surface area contributed by atoms with E-state index in [4.69, 9.17) is 4.74 Å². The lowest BCUT2D eigenvalue weighted by atomic mass is 9.66. The van der Waals surface area contributed by atoms with Crippen molar-refractivity contribution in [2.24, 2.45) is 11.3 Å². The molecule has 2 fully saturated rings. The maximum absolute atomic E-state index is 6.17. The molecular formula is C19H37NO. The molecule has 2 nitrogen and oxygen atoms in total. The van der Waals surface area contributed by atoms with Gasteiger partial charge in [-0.2, -0.15) is 0 Å². The molecule has 21 heavy (non-hydrogen) atoms. The molecule has 1 unspecified atom stereocenters. The van der Waals surface area contributed by atoms with E-state index < -0.39 is 0 Å². The largest absolute Gasteiger partial charge is 0.377 e. The van der Waals surface area contributed by atoms with Gasteiger partial charge < -0.3 is 10.1 Å². The number of nitrogens with one attached hydrogen (secondary N) is 1. The summed E-state index contributed by atoms with van der Waals surface area (Å²) in [5, 5.41) is 3.79. The van der Waals surface area contributed by atoms with Crippen molar-refractivity contribution in [3.8, 4) is 0 Å². The minimum Gasteiger partial charge on any atom is -0.377 e. The van der Waals surface area contributed by atoms with Crippen molar-refractivity contribution < 1.29 is 4.74 Å². The Bertz CT molecular complexity index is 297. The Morgan fingerprint density at radius 1 is 1.05 bits per heavy atom. The van der Waals surface area contributed by atoms with Gasteiger partial charge in [0.1, 0.15) is 0 Å². The zero-order chi connectivity index (χ0) is 15.3. The van der Waals surface area contributed by atoms with Crippen LogP contribution in [0.3, 0.4) is 0 Å². The molecule has 1 N–H and O–H groups in total. The molecule has 0 amide bonds. The summed E-state index contributed by atoms with van der Waals surface area (Å²) in [4.78, 5) is 0. The zero-order valence-electron chi connectivity index (χ0n) is 14.8. The van der Waals surface area contributed by atoms with Crippen LogP contribution >= 0.6 is 0 Å². The molecule has 1 atom stereocenters. The monoisotopic (exact) mass is 295 g/mol. The minimum atomic E-state index is 0.0863. The Morgan fingerprint density at radius 3 is 2.19 bits per heavy atom. The van der Waals surface area contributed by atoms with Crippen molar-refractivity contribution in [3.63, 3.8) is 0 Å². The zero-order valence-corrected chi connectivity index (χ0v) is 14.8. The number of hydrogen-bond donors (Lipinski definition) is 1. The molecule has 0 radical (unpaired) electrons. The maximum Gasteiger partial charge on any atom is 0.0831 e. The van der Waals surface area contributed by atoms with Gasteiger partial charge in [0.2, 0.25) is 0 Å². The lowest BCUT2D eigenvalue weighted by Gasteiger charge is -2.48. The SMILES string of the molecule is CCNC(CC1CCCCC1)C1(OC)CCC(C)(C)CC1. The van der Waals surface area contributed by atoms with Crippen LogP contribution in [-0.4, -0.2) is 25.3 Å². The van der Waals surface area contributed by atoms with E-state index in [1.54, 1.807) is 0 Å². The molecule has 2 aliphatic carbocycles. The average Bonchev–Trinajstić information content (AvgIpc) is 2.49. The number of methoxy groups -OCH3 is 1. The predicted octanol–water partition coefficient (Wildman–Crippen LogP) is 4.92. The summed E-state index contributed by atoms with van der Waals surface area (Å²) >= 11 is 0. The number of ether oxygens (including phenoxy) is 1. The van der Waals surface area contributed by atoms with Crippen molar-refractivity contribution in [2.75, 3.05) is 13.7 Å². The van der Waals surface area contributed by atoms with Gasteiger partial charge in [-0.15, -0.1) is 0 Å². The third-order valence-electron chi connectivity index (χ3n) is 6.24. The van der Waals surface area contributed by atoms with Gasteiger partial charge in [0.15, 0.2) is 0 Å². The second-order valence-electron chi connectivity index (χ2n) is 8.28. The Morgan fingerprint density at radius 2 is 1.67 bits per heavy atom. The third kappa shape index (κ3) is 4.45. The van der Waals surface area contributed by atoms with Crippen molar-refractivity contribution in [2.45, 2.75) is 96.6 Å². The van der Waals surface area contributed by atoms with E-state index >= 15 is 0 Å². The fraction of sp³-hybridized carbons (Fsp3) is 1.00. The van der Waals surface area contributed by atoms with E-state index in [1.807, 2.05) is 7.11 Å². The van der Waals surface area contributed by atoms with Crippen LogP contribution in [0, 0.1) is 11.3 Å². The number of likely N-dealkylation sites (N-methyl/N-ethyl adjacent to an activating group) is 1. The highest BCUT2D eigenvalue weighted by Gasteiger charge is 2.44. The van der Waals surface area contributed by atoms with Gasteiger partial charge in [-0.05, 0) is 50.0 Å². The lowest BCUT2D eigenvalue weighted by molar-refractivity contribution is -0.0911. The summed E-state index contributed by atoms with van der Waals surface area (Å²) < 4.78 is 6.17. The smallest absolute Gasteiger partial charge is 0.0831 e. The second kappa shape index (κ2) is 7.46. The normalized spacial score (nSPS) is 27.4. The lowest BCUT2D eigenvalue weighted by Crippen LogP contribution is -2.55. The molecule has 124 valence electrons. The first-order valence-electron chi connectivity index (χ1n) is 9.30. The van der Waals surface area contributed by atoms with E-state index in [1.165, 1.54) is 64.2 Å². The van der Waals surface area contributed by atoms with Crippen LogP contribution in [0.15, 0.2) is 0 Å². The molecular weight excluding hydrogens is 258 g/mol. The molecule has 0 spiro atoms. The van der Waals surface area contributed by atoms with Gasteiger partial charge >= 0.3 is 0 Å². The van der Waals surface area contributed by atoms with Crippen molar-refractivity contribution in [3.05, 3.63) is 0 Å². The summed E-state index contributed by atoms with van der Waals surface area (Å²) in [5.74, 6) is 0.921. The first-order chi connectivity index (χ1) is 10.0. The van der Waals surface area contributed by atoms with E-state index in [2.05, 4.69) is 26.1 Å². The predicted molar refractivity (Wildman–Crippen MR) is 90.6 cm³/mol. The summed E-state index contributed by atoms with van der Waals surface area (Å²) in [5.41, 5.74) is 0.590. The maximum atomic E-state index is 6.17. The second-order valence-corrected chi connectivity index (χ2v) is 8.28. The van der Waals surface area contributed by atoms with E-state index in [9.17, 15) is 0 Å². The molecule has 0 heterocycles. The Hall–Kier alpha value is -0.0800. The molecule has 0 saturated heterocycles. The van der Waals surface area contributed by atoms with Crippen LogP contribution in [0.5, 0.6) is 0 Å². The van der Waals surface area contributed by atoms with E-state index in [0.29, 0.717) is 11.5 Å². The van der Waals surface area contributed by atoms with Gasteiger partial charge in [-0.1, -0.05) is 52.9 Å². The fourth-order valence-corrected chi connectivity index (χ4v) is 4.53. The topological polar surface area (TPSA) is 21.3 Å². The first-order valence-corrected chi connectivity index (χ1v) is 9.30. The van der Waals surface area contributed by atoms with Crippen molar-refractivity contribution in [1.29, 1.82) is 0 Å². The van der Waals surface area contributed by atoms with Crippen molar-refractivity contribution in [1.82, 2.24) is 5.32 Å². The molecule has 0 aromatic heterocycles. The van der Waals surface area contributed by atoms with Gasteiger partial charge in [-0.25, -0.2) is 0 Å². The van der Waals surface area contributed by atoms with Crippen molar-refractivity contribution >= 4 is 0 Å². The number of hydrogen-bond acceptors (Lipinski definition) is 2. The van der Waals surface area contributed by atoms with E-state index in [-0.39, 0.29) is 5.60 Å². The highest BCUT2D eigenvalue weighted by atomic mass is 16.5.